The Morgan fingerprint density at radius 1 is 1.56 bits per heavy atom. The number of hydrogen-bond acceptors (Lipinski definition) is 4. The van der Waals surface area contributed by atoms with E-state index in [-0.39, 0.29) is 17.9 Å². The Hall–Kier alpha value is -1.14. The number of nitrogens with one attached hydrogen (secondary N) is 1. The molecule has 1 fully saturated rings. The summed E-state index contributed by atoms with van der Waals surface area (Å²) in [6, 6.07) is -0.617. The Morgan fingerprint density at radius 2 is 2.17 bits per heavy atom. The van der Waals surface area contributed by atoms with E-state index in [1.165, 1.54) is 0 Å². The van der Waals surface area contributed by atoms with Crippen molar-refractivity contribution in [1.82, 2.24) is 15.1 Å². The van der Waals surface area contributed by atoms with E-state index in [2.05, 4.69) is 5.32 Å². The number of aliphatic carboxylic acids is 1. The minimum absolute atomic E-state index is 0.112. The maximum Gasteiger partial charge on any atom is 0.305 e. The second-order valence-electron chi connectivity index (χ2n) is 5.74. The molecular formula is C12H23N3O3. The van der Waals surface area contributed by atoms with Crippen molar-refractivity contribution in [3.8, 4) is 0 Å². The van der Waals surface area contributed by atoms with Gasteiger partial charge in [-0.15, -0.1) is 0 Å². The highest BCUT2D eigenvalue weighted by Crippen LogP contribution is 2.16. The number of carboxylic acid groups (broad SMARTS) is 1. The molecule has 0 aromatic rings. The van der Waals surface area contributed by atoms with Crippen molar-refractivity contribution in [3.63, 3.8) is 0 Å². The molecular weight excluding hydrogens is 234 g/mol. The van der Waals surface area contributed by atoms with Crippen LogP contribution in [0.25, 0.3) is 0 Å². The maximum absolute atomic E-state index is 12.1. The van der Waals surface area contributed by atoms with Crippen LogP contribution in [-0.2, 0) is 9.59 Å². The molecule has 0 aliphatic carbocycles. The summed E-state index contributed by atoms with van der Waals surface area (Å²) in [4.78, 5) is 26.7. The number of carbonyl (C=O) groups excluding carboxylic acids is 1. The van der Waals surface area contributed by atoms with E-state index < -0.39 is 12.0 Å². The van der Waals surface area contributed by atoms with E-state index in [0.717, 1.165) is 6.54 Å². The molecule has 0 aromatic carbocycles. The lowest BCUT2D eigenvalue weighted by atomic mass is 9.96. The molecule has 6 heteroatoms. The van der Waals surface area contributed by atoms with Gasteiger partial charge in [0.2, 0.25) is 5.91 Å². The number of hydrogen-bond donors (Lipinski definition) is 2. The van der Waals surface area contributed by atoms with Crippen LogP contribution in [0.1, 0.15) is 20.3 Å². The van der Waals surface area contributed by atoms with Gasteiger partial charge in [0, 0.05) is 25.2 Å². The maximum atomic E-state index is 12.1. The Kier molecular flexibility index (Phi) is 4.70. The smallest absolute Gasteiger partial charge is 0.305 e. The Bertz CT molecular complexity index is 329. The number of nitrogens with zero attached hydrogens (tertiary/aromatic N) is 2. The molecule has 0 saturated carbocycles. The molecule has 0 radical (unpaired) electrons. The zero-order chi connectivity index (χ0) is 13.9. The molecule has 2 N–H and O–H groups in total. The van der Waals surface area contributed by atoms with Crippen LogP contribution in [0, 0.1) is 0 Å². The van der Waals surface area contributed by atoms with E-state index in [9.17, 15) is 9.59 Å². The number of carboxylic acids is 1. The molecule has 0 spiro atoms. The molecule has 1 amide bonds. The van der Waals surface area contributed by atoms with Crippen molar-refractivity contribution in [3.05, 3.63) is 0 Å². The third-order valence-corrected chi connectivity index (χ3v) is 2.96. The lowest BCUT2D eigenvalue weighted by Crippen LogP contribution is -2.65. The molecule has 1 aliphatic heterocycles. The van der Waals surface area contributed by atoms with Crippen LogP contribution in [0.2, 0.25) is 0 Å². The summed E-state index contributed by atoms with van der Waals surface area (Å²) in [5, 5.41) is 11.9. The summed E-state index contributed by atoms with van der Waals surface area (Å²) in [5.41, 5.74) is -0.250. The van der Waals surface area contributed by atoms with E-state index in [1.807, 2.05) is 32.8 Å². The fourth-order valence-corrected chi connectivity index (χ4v) is 2.18. The van der Waals surface area contributed by atoms with Crippen LogP contribution in [0.15, 0.2) is 0 Å². The fraction of sp³-hybridized carbons (Fsp3) is 0.833. The average Bonchev–Trinajstić information content (AvgIpc) is 2.19. The van der Waals surface area contributed by atoms with Crippen molar-refractivity contribution in [2.45, 2.75) is 31.8 Å². The zero-order valence-corrected chi connectivity index (χ0v) is 11.6. The topological polar surface area (TPSA) is 72.9 Å². The number of likely N-dealkylation sites (N-methyl/N-ethyl adjacent to an activating group) is 1. The second kappa shape index (κ2) is 5.67. The number of carbonyl (C=O) groups is 2. The highest BCUT2D eigenvalue weighted by Gasteiger charge is 2.38. The van der Waals surface area contributed by atoms with Crippen LogP contribution < -0.4 is 5.32 Å². The van der Waals surface area contributed by atoms with Gasteiger partial charge in [-0.05, 0) is 27.9 Å². The molecule has 1 unspecified atom stereocenters. The van der Waals surface area contributed by atoms with Crippen molar-refractivity contribution in [2.24, 2.45) is 0 Å². The normalized spacial score (nSPS) is 23.5. The molecule has 1 heterocycles. The van der Waals surface area contributed by atoms with Gasteiger partial charge < -0.3 is 14.9 Å². The van der Waals surface area contributed by atoms with E-state index in [0.29, 0.717) is 13.1 Å². The average molecular weight is 257 g/mol. The number of piperazine rings is 1. The van der Waals surface area contributed by atoms with Gasteiger partial charge in [0.15, 0.2) is 0 Å². The van der Waals surface area contributed by atoms with E-state index in [4.69, 9.17) is 5.11 Å². The first-order chi connectivity index (χ1) is 8.21. The first kappa shape index (κ1) is 14.9. The molecule has 6 nitrogen and oxygen atoms in total. The summed E-state index contributed by atoms with van der Waals surface area (Å²) < 4.78 is 0. The second-order valence-corrected chi connectivity index (χ2v) is 5.74. The quantitative estimate of drug-likeness (QED) is 0.701. The van der Waals surface area contributed by atoms with E-state index >= 15 is 0 Å². The molecule has 1 saturated heterocycles. The van der Waals surface area contributed by atoms with Crippen molar-refractivity contribution in [1.29, 1.82) is 0 Å². The van der Waals surface area contributed by atoms with Gasteiger partial charge in [0.25, 0.3) is 0 Å². The van der Waals surface area contributed by atoms with Crippen molar-refractivity contribution in [2.75, 3.05) is 33.7 Å². The van der Waals surface area contributed by atoms with Crippen LogP contribution >= 0.6 is 0 Å². The van der Waals surface area contributed by atoms with Crippen LogP contribution in [0.5, 0.6) is 0 Å². The molecule has 18 heavy (non-hydrogen) atoms. The molecule has 1 aliphatic rings. The van der Waals surface area contributed by atoms with Crippen LogP contribution in [0.3, 0.4) is 0 Å². The highest BCUT2D eigenvalue weighted by atomic mass is 16.4. The van der Waals surface area contributed by atoms with Crippen LogP contribution in [-0.4, -0.2) is 72.1 Å². The van der Waals surface area contributed by atoms with Gasteiger partial charge in [-0.1, -0.05) is 0 Å². The first-order valence-electron chi connectivity index (χ1n) is 6.14. The molecule has 1 atom stereocenters. The van der Waals surface area contributed by atoms with Crippen molar-refractivity contribution >= 4 is 11.9 Å². The first-order valence-corrected chi connectivity index (χ1v) is 6.14. The third-order valence-electron chi connectivity index (χ3n) is 2.96. The summed E-state index contributed by atoms with van der Waals surface area (Å²) in [6.45, 7) is 5.98. The predicted octanol–water partition coefficient (Wildman–Crippen LogP) is -0.398. The number of amides is 1. The largest absolute Gasteiger partial charge is 0.481 e. The Labute approximate surface area is 108 Å². The van der Waals surface area contributed by atoms with Gasteiger partial charge >= 0.3 is 5.97 Å². The lowest BCUT2D eigenvalue weighted by molar-refractivity contribution is -0.146. The zero-order valence-electron chi connectivity index (χ0n) is 11.6. The fourth-order valence-electron chi connectivity index (χ4n) is 2.18. The summed E-state index contributed by atoms with van der Waals surface area (Å²) in [7, 11) is 3.90. The number of rotatable bonds is 5. The minimum atomic E-state index is -0.953. The van der Waals surface area contributed by atoms with Gasteiger partial charge in [-0.3, -0.25) is 14.9 Å². The lowest BCUT2D eigenvalue weighted by Gasteiger charge is -2.43. The minimum Gasteiger partial charge on any atom is -0.481 e. The van der Waals surface area contributed by atoms with Gasteiger partial charge in [0.05, 0.1) is 12.5 Å². The summed E-state index contributed by atoms with van der Waals surface area (Å²) in [5.74, 6) is -1.07. The van der Waals surface area contributed by atoms with Gasteiger partial charge in [0.1, 0.15) is 0 Å². The highest BCUT2D eigenvalue weighted by molar-refractivity contribution is 5.87. The third kappa shape index (κ3) is 4.27. The van der Waals surface area contributed by atoms with E-state index in [1.54, 1.807) is 4.90 Å². The SMILES string of the molecule is CN(C)CCN1CC(C)(C)NC(CC(=O)O)C1=O. The molecule has 0 aromatic heterocycles. The van der Waals surface area contributed by atoms with Gasteiger partial charge in [-0.25, -0.2) is 0 Å². The monoisotopic (exact) mass is 257 g/mol. The standard InChI is InChI=1S/C12H23N3O3/c1-12(2)8-15(6-5-14(3)4)11(18)9(13-12)7-10(16)17/h9,13H,5-8H2,1-4H3,(H,16,17). The summed E-state index contributed by atoms with van der Waals surface area (Å²) in [6.07, 6.45) is -0.166. The van der Waals surface area contributed by atoms with Crippen molar-refractivity contribution < 1.29 is 14.7 Å². The van der Waals surface area contributed by atoms with Crippen LogP contribution in [0.4, 0.5) is 0 Å². The summed E-state index contributed by atoms with van der Waals surface area (Å²) >= 11 is 0. The molecule has 104 valence electrons. The van der Waals surface area contributed by atoms with Gasteiger partial charge in [-0.2, -0.15) is 0 Å². The molecule has 1 rings (SSSR count). The Balaban J connectivity index is 2.71. The molecule has 0 bridgehead atoms. The predicted molar refractivity (Wildman–Crippen MR) is 68.4 cm³/mol. The Morgan fingerprint density at radius 3 is 2.67 bits per heavy atom.